The van der Waals surface area contributed by atoms with E-state index in [1.807, 2.05) is 0 Å². The molecule has 0 unspecified atom stereocenters. The fourth-order valence-electron chi connectivity index (χ4n) is 3.29. The molecular formula is C21H31N7O4. The van der Waals surface area contributed by atoms with Crippen LogP contribution in [0.15, 0.2) is 29.3 Å². The number of benzene rings is 1. The third-order valence-electron chi connectivity index (χ3n) is 5.44. The first-order chi connectivity index (χ1) is 15.3. The van der Waals surface area contributed by atoms with Crippen molar-refractivity contribution in [3.8, 4) is 0 Å². The number of hydrogen-bond donors (Lipinski definition) is 2. The molecular weight excluding hydrogens is 414 g/mol. The van der Waals surface area contributed by atoms with Crippen molar-refractivity contribution in [1.82, 2.24) is 25.3 Å². The molecule has 11 nitrogen and oxygen atoms in total. The Morgan fingerprint density at radius 1 is 1.16 bits per heavy atom. The number of likely N-dealkylation sites (N-methyl/N-ethyl adjacent to an activating group) is 1. The number of hydrogen-bond acceptors (Lipinski definition) is 6. The second-order valence-corrected chi connectivity index (χ2v) is 8.31. The van der Waals surface area contributed by atoms with Gasteiger partial charge < -0.3 is 20.4 Å². The molecule has 1 saturated carbocycles. The van der Waals surface area contributed by atoms with Crippen LogP contribution in [0.5, 0.6) is 0 Å². The molecule has 0 bridgehead atoms. The molecule has 32 heavy (non-hydrogen) atoms. The minimum absolute atomic E-state index is 0.0366. The number of nitro benzene ring substituents is 1. The molecule has 11 heteroatoms. The number of piperazine rings is 1. The first kappa shape index (κ1) is 23.5. The van der Waals surface area contributed by atoms with Gasteiger partial charge in [0.05, 0.1) is 24.6 Å². The minimum atomic E-state index is -0.433. The van der Waals surface area contributed by atoms with Crippen molar-refractivity contribution in [3.63, 3.8) is 0 Å². The van der Waals surface area contributed by atoms with E-state index >= 15 is 0 Å². The topological polar surface area (TPSA) is 123 Å². The van der Waals surface area contributed by atoms with Crippen molar-refractivity contribution in [3.05, 3.63) is 39.9 Å². The van der Waals surface area contributed by atoms with E-state index in [1.54, 1.807) is 26.2 Å². The first-order valence-corrected chi connectivity index (χ1v) is 10.8. The van der Waals surface area contributed by atoms with E-state index in [9.17, 15) is 19.7 Å². The molecule has 1 aliphatic heterocycles. The highest BCUT2D eigenvalue weighted by Gasteiger charge is 2.26. The van der Waals surface area contributed by atoms with Crippen LogP contribution in [0, 0.1) is 10.1 Å². The zero-order valence-corrected chi connectivity index (χ0v) is 18.6. The summed E-state index contributed by atoms with van der Waals surface area (Å²) < 4.78 is 0. The number of carbonyl (C=O) groups is 2. The van der Waals surface area contributed by atoms with Gasteiger partial charge in [-0.15, -0.1) is 0 Å². The number of carbonyl (C=O) groups excluding carboxylic acids is 2. The predicted octanol–water partition coefficient (Wildman–Crippen LogP) is 0.0248. The van der Waals surface area contributed by atoms with Crippen LogP contribution in [-0.4, -0.2) is 96.8 Å². The summed E-state index contributed by atoms with van der Waals surface area (Å²) in [6.45, 7) is 3.65. The Kier molecular flexibility index (Phi) is 7.98. The van der Waals surface area contributed by atoms with Crippen molar-refractivity contribution in [2.45, 2.75) is 25.4 Å². The van der Waals surface area contributed by atoms with Gasteiger partial charge in [-0.1, -0.05) is 12.1 Å². The van der Waals surface area contributed by atoms with E-state index in [0.29, 0.717) is 38.2 Å². The van der Waals surface area contributed by atoms with Gasteiger partial charge in [-0.25, -0.2) is 4.99 Å². The quantitative estimate of drug-likeness (QED) is 0.250. The molecule has 3 rings (SSSR count). The van der Waals surface area contributed by atoms with Crippen molar-refractivity contribution in [2.24, 2.45) is 4.99 Å². The normalized spacial score (nSPS) is 17.1. The molecule has 0 aromatic heterocycles. The standard InChI is InChI=1S/C21H31N7O4/c1-25(2)20(30)14-23-21(22-13-16-3-7-18(8-4-16)28(31)32)27-11-9-26(10-12-27)15-19(29)24-17-5-6-17/h3-4,7-8,17H,5-6,9-15H2,1-2H3,(H,22,23)(H,24,29). The largest absolute Gasteiger partial charge is 0.352 e. The summed E-state index contributed by atoms with van der Waals surface area (Å²) in [5, 5.41) is 17.0. The van der Waals surface area contributed by atoms with Gasteiger partial charge in [-0.3, -0.25) is 24.6 Å². The second-order valence-electron chi connectivity index (χ2n) is 8.31. The summed E-state index contributed by atoms with van der Waals surface area (Å²) in [5.41, 5.74) is 0.874. The van der Waals surface area contributed by atoms with Gasteiger partial charge in [0.25, 0.3) is 5.69 Å². The molecule has 1 heterocycles. The van der Waals surface area contributed by atoms with Crippen molar-refractivity contribution >= 4 is 23.5 Å². The van der Waals surface area contributed by atoms with Gasteiger partial charge in [0.1, 0.15) is 0 Å². The highest BCUT2D eigenvalue weighted by molar-refractivity contribution is 5.86. The summed E-state index contributed by atoms with van der Waals surface area (Å²) in [6, 6.07) is 6.64. The average molecular weight is 446 g/mol. The van der Waals surface area contributed by atoms with E-state index in [1.165, 1.54) is 17.0 Å². The molecule has 0 spiro atoms. The van der Waals surface area contributed by atoms with E-state index < -0.39 is 4.92 Å². The Hall–Kier alpha value is -3.21. The van der Waals surface area contributed by atoms with Gasteiger partial charge in [0, 0.05) is 58.4 Å². The van der Waals surface area contributed by atoms with Gasteiger partial charge in [-0.05, 0) is 18.4 Å². The molecule has 2 aliphatic rings. The number of amides is 2. The number of rotatable bonds is 8. The van der Waals surface area contributed by atoms with E-state index in [-0.39, 0.29) is 24.0 Å². The van der Waals surface area contributed by atoms with Crippen LogP contribution in [0.3, 0.4) is 0 Å². The maximum atomic E-state index is 12.1. The van der Waals surface area contributed by atoms with Crippen molar-refractivity contribution < 1.29 is 14.5 Å². The lowest BCUT2D eigenvalue weighted by atomic mass is 10.2. The highest BCUT2D eigenvalue weighted by atomic mass is 16.6. The van der Waals surface area contributed by atoms with Crippen molar-refractivity contribution in [1.29, 1.82) is 0 Å². The zero-order chi connectivity index (χ0) is 23.1. The monoisotopic (exact) mass is 445 g/mol. The highest BCUT2D eigenvalue weighted by Crippen LogP contribution is 2.18. The molecule has 0 atom stereocenters. The Balaban J connectivity index is 1.59. The van der Waals surface area contributed by atoms with Crippen molar-refractivity contribution in [2.75, 3.05) is 53.4 Å². The summed E-state index contributed by atoms with van der Waals surface area (Å²) >= 11 is 0. The van der Waals surface area contributed by atoms with Gasteiger partial charge in [-0.2, -0.15) is 0 Å². The Bertz CT molecular complexity index is 844. The minimum Gasteiger partial charge on any atom is -0.352 e. The fraction of sp³-hybridized carbons (Fsp3) is 0.571. The Morgan fingerprint density at radius 3 is 2.38 bits per heavy atom. The van der Waals surface area contributed by atoms with Crippen LogP contribution in [0.25, 0.3) is 0 Å². The maximum Gasteiger partial charge on any atom is 0.269 e. The lowest BCUT2D eigenvalue weighted by Crippen LogP contribution is -2.55. The van der Waals surface area contributed by atoms with E-state index in [0.717, 1.165) is 31.5 Å². The van der Waals surface area contributed by atoms with E-state index in [2.05, 4.69) is 25.4 Å². The number of aliphatic imine (C=N–C) groups is 1. The third kappa shape index (κ3) is 7.19. The summed E-state index contributed by atoms with van der Waals surface area (Å²) in [7, 11) is 3.40. The molecule has 2 fully saturated rings. The molecule has 1 aromatic carbocycles. The second kappa shape index (κ2) is 10.9. The summed E-state index contributed by atoms with van der Waals surface area (Å²) in [5.74, 6) is 0.617. The lowest BCUT2D eigenvalue weighted by molar-refractivity contribution is -0.384. The number of nitrogens with zero attached hydrogens (tertiary/aromatic N) is 5. The van der Waals surface area contributed by atoms with Crippen LogP contribution in [0.2, 0.25) is 0 Å². The Morgan fingerprint density at radius 2 is 1.81 bits per heavy atom. The number of nitro groups is 1. The number of non-ortho nitro benzene ring substituents is 1. The molecule has 0 radical (unpaired) electrons. The average Bonchev–Trinajstić information content (AvgIpc) is 3.58. The van der Waals surface area contributed by atoms with Crippen LogP contribution >= 0.6 is 0 Å². The maximum absolute atomic E-state index is 12.1. The first-order valence-electron chi connectivity index (χ1n) is 10.8. The van der Waals surface area contributed by atoms with E-state index in [4.69, 9.17) is 0 Å². The van der Waals surface area contributed by atoms with Gasteiger partial charge >= 0.3 is 0 Å². The molecule has 174 valence electrons. The zero-order valence-electron chi connectivity index (χ0n) is 18.6. The SMILES string of the molecule is CN(C)C(=O)CNC(=NCc1ccc([N+](=O)[O-])cc1)N1CCN(CC(=O)NC2CC2)CC1. The fourth-order valence-corrected chi connectivity index (χ4v) is 3.29. The lowest BCUT2D eigenvalue weighted by Gasteiger charge is -2.36. The summed E-state index contributed by atoms with van der Waals surface area (Å²) in [6.07, 6.45) is 2.15. The van der Waals surface area contributed by atoms with Gasteiger partial charge in [0.15, 0.2) is 5.96 Å². The predicted molar refractivity (Wildman–Crippen MR) is 120 cm³/mol. The number of guanidine groups is 1. The van der Waals surface area contributed by atoms with Gasteiger partial charge in [0.2, 0.25) is 11.8 Å². The molecule has 1 aliphatic carbocycles. The van der Waals surface area contributed by atoms with Crippen LogP contribution < -0.4 is 10.6 Å². The molecule has 1 aromatic rings. The number of nitrogens with one attached hydrogen (secondary N) is 2. The molecule has 2 amide bonds. The third-order valence-corrected chi connectivity index (χ3v) is 5.44. The van der Waals surface area contributed by atoms with Crippen LogP contribution in [0.1, 0.15) is 18.4 Å². The molecule has 1 saturated heterocycles. The van der Waals surface area contributed by atoms with Crippen LogP contribution in [0.4, 0.5) is 5.69 Å². The summed E-state index contributed by atoms with van der Waals surface area (Å²) in [4.78, 5) is 44.9. The van der Waals surface area contributed by atoms with Crippen LogP contribution in [-0.2, 0) is 16.1 Å². The molecule has 2 N–H and O–H groups in total. The Labute approximate surface area is 187 Å². The smallest absolute Gasteiger partial charge is 0.269 e.